The average Bonchev–Trinajstić information content (AvgIpc) is 3.73. The van der Waals surface area contributed by atoms with Crippen LogP contribution < -0.4 is 0 Å². The van der Waals surface area contributed by atoms with Gasteiger partial charge in [0.25, 0.3) is 23.6 Å². The molecule has 0 bridgehead atoms. The van der Waals surface area contributed by atoms with Gasteiger partial charge in [-0.3, -0.25) is 24.1 Å². The van der Waals surface area contributed by atoms with Crippen molar-refractivity contribution in [3.8, 4) is 0 Å². The van der Waals surface area contributed by atoms with Crippen molar-refractivity contribution in [2.45, 2.75) is 30.8 Å². The second-order valence-electron chi connectivity index (χ2n) is 10.2. The molecule has 10 nitrogen and oxygen atoms in total. The summed E-state index contributed by atoms with van der Waals surface area (Å²) in [5.74, 6) is -3.85. The quantitative estimate of drug-likeness (QED) is 0.223. The first-order valence-corrected chi connectivity index (χ1v) is 13.7. The largest absolute Gasteiger partial charge is 0.356 e. The predicted molar refractivity (Wildman–Crippen MR) is 152 cm³/mol. The molecule has 0 N–H and O–H groups in total. The van der Waals surface area contributed by atoms with Crippen LogP contribution in [0.4, 0.5) is 0 Å². The molecule has 0 saturated carbocycles. The fourth-order valence-electron chi connectivity index (χ4n) is 5.64. The van der Waals surface area contributed by atoms with Gasteiger partial charge in [-0.15, -0.1) is 5.06 Å². The van der Waals surface area contributed by atoms with Gasteiger partial charge in [-0.1, -0.05) is 91.0 Å². The van der Waals surface area contributed by atoms with Crippen LogP contribution in [0, 0.1) is 0 Å². The number of hydrogen-bond donors (Lipinski definition) is 0. The molecular formula is C33H26N4O6. The number of nitrogens with zero attached hydrogens (tertiary/aromatic N) is 4. The van der Waals surface area contributed by atoms with E-state index in [0.29, 0.717) is 10.8 Å². The lowest BCUT2D eigenvalue weighted by Crippen LogP contribution is -2.49. The third kappa shape index (κ3) is 4.93. The van der Waals surface area contributed by atoms with Crippen LogP contribution in [0.3, 0.4) is 0 Å². The van der Waals surface area contributed by atoms with Crippen LogP contribution in [-0.2, 0) is 40.8 Å². The van der Waals surface area contributed by atoms with Gasteiger partial charge in [0.05, 0.1) is 12.0 Å². The Hall–Kier alpha value is -5.64. The van der Waals surface area contributed by atoms with Gasteiger partial charge in [0.2, 0.25) is 0 Å². The summed E-state index contributed by atoms with van der Waals surface area (Å²) < 4.78 is 1.93. The van der Waals surface area contributed by atoms with Gasteiger partial charge in [0.1, 0.15) is 11.6 Å². The van der Waals surface area contributed by atoms with Crippen LogP contribution in [0.25, 0.3) is 0 Å². The fraction of sp³-hybridized carbons (Fsp3) is 0.152. The Kier molecular flexibility index (Phi) is 7.25. The van der Waals surface area contributed by atoms with E-state index in [-0.39, 0.29) is 19.3 Å². The smallest absolute Gasteiger partial charge is 0.328 e. The predicted octanol–water partition coefficient (Wildman–Crippen LogP) is 3.17. The summed E-state index contributed by atoms with van der Waals surface area (Å²) in [5.41, 5.74) is 2.35. The highest BCUT2D eigenvalue weighted by Crippen LogP contribution is 2.40. The van der Waals surface area contributed by atoms with Crippen LogP contribution in [0.15, 0.2) is 116 Å². The minimum atomic E-state index is -1.47. The maximum atomic E-state index is 13.4. The minimum Gasteiger partial charge on any atom is -0.328 e. The van der Waals surface area contributed by atoms with Crippen LogP contribution in [0.2, 0.25) is 0 Å². The van der Waals surface area contributed by atoms with Gasteiger partial charge >= 0.3 is 5.97 Å². The Morgan fingerprint density at radius 3 is 1.67 bits per heavy atom. The molecule has 0 unspecified atom stereocenters. The summed E-state index contributed by atoms with van der Waals surface area (Å²) in [6, 6.07) is 28.2. The lowest BCUT2D eigenvalue weighted by molar-refractivity contribution is -0.201. The van der Waals surface area contributed by atoms with Crippen molar-refractivity contribution in [1.82, 2.24) is 19.5 Å². The van der Waals surface area contributed by atoms with Crippen molar-refractivity contribution in [2.24, 2.45) is 0 Å². The van der Waals surface area contributed by atoms with Crippen molar-refractivity contribution < 1.29 is 28.8 Å². The first-order chi connectivity index (χ1) is 20.9. The van der Waals surface area contributed by atoms with Gasteiger partial charge < -0.3 is 9.40 Å². The van der Waals surface area contributed by atoms with E-state index in [4.69, 9.17) is 4.84 Å². The summed E-state index contributed by atoms with van der Waals surface area (Å²) in [4.78, 5) is 73.4. The van der Waals surface area contributed by atoms with E-state index in [1.165, 1.54) is 0 Å². The highest BCUT2D eigenvalue weighted by Gasteiger charge is 2.42. The number of aromatic nitrogens is 2. The summed E-state index contributed by atoms with van der Waals surface area (Å²) >= 11 is 0. The number of hydrogen-bond acceptors (Lipinski definition) is 7. The van der Waals surface area contributed by atoms with Crippen molar-refractivity contribution in [3.63, 3.8) is 0 Å². The van der Waals surface area contributed by atoms with Crippen molar-refractivity contribution in [1.29, 1.82) is 0 Å². The van der Waals surface area contributed by atoms with Gasteiger partial charge in [0, 0.05) is 37.6 Å². The Bertz CT molecular complexity index is 1600. The van der Waals surface area contributed by atoms with Crippen LogP contribution in [0.1, 0.15) is 35.2 Å². The Morgan fingerprint density at radius 1 is 0.744 bits per heavy atom. The molecule has 3 heterocycles. The van der Waals surface area contributed by atoms with E-state index in [2.05, 4.69) is 4.98 Å². The summed E-state index contributed by atoms with van der Waals surface area (Å²) in [6.45, 7) is 0. The maximum Gasteiger partial charge on any atom is 0.356 e. The Balaban J connectivity index is 1.43. The molecule has 1 fully saturated rings. The minimum absolute atomic E-state index is 0.0924. The molecule has 2 aliphatic heterocycles. The maximum absolute atomic E-state index is 13.4. The Morgan fingerprint density at radius 2 is 1.21 bits per heavy atom. The molecule has 1 saturated heterocycles. The average molecular weight is 575 g/mol. The van der Waals surface area contributed by atoms with Crippen molar-refractivity contribution >= 4 is 29.6 Å². The molecule has 3 aromatic carbocycles. The van der Waals surface area contributed by atoms with Gasteiger partial charge in [-0.05, 0) is 16.7 Å². The molecule has 0 aliphatic carbocycles. The number of imidazole rings is 1. The van der Waals surface area contributed by atoms with Gasteiger partial charge in [-0.2, -0.15) is 0 Å². The monoisotopic (exact) mass is 574 g/mol. The number of rotatable bonds is 9. The molecule has 0 spiro atoms. The van der Waals surface area contributed by atoms with E-state index in [1.54, 1.807) is 12.5 Å². The van der Waals surface area contributed by atoms with E-state index in [1.807, 2.05) is 95.6 Å². The fourth-order valence-corrected chi connectivity index (χ4v) is 5.64. The number of amides is 4. The Labute approximate surface area is 246 Å². The van der Waals surface area contributed by atoms with Crippen LogP contribution >= 0.6 is 0 Å². The molecule has 1 atom stereocenters. The van der Waals surface area contributed by atoms with Crippen LogP contribution in [-0.4, -0.2) is 55.2 Å². The molecule has 1 aromatic heterocycles. The van der Waals surface area contributed by atoms with E-state index in [0.717, 1.165) is 33.7 Å². The first kappa shape index (κ1) is 27.5. The normalized spacial score (nSPS) is 15.8. The SMILES string of the molecule is O=C(ON1C(=O)CCC1=O)[C@H](Cc1cn(C(c2ccccc2)(c2ccccc2)c2ccccc2)cn1)N1C(=O)C=CC1=O. The van der Waals surface area contributed by atoms with Crippen molar-refractivity contribution in [3.05, 3.63) is 138 Å². The lowest BCUT2D eigenvalue weighted by atomic mass is 9.77. The summed E-state index contributed by atoms with van der Waals surface area (Å²) in [6.07, 6.45) is 5.12. The summed E-state index contributed by atoms with van der Waals surface area (Å²) in [7, 11) is 0. The molecule has 4 aromatic rings. The lowest BCUT2D eigenvalue weighted by Gasteiger charge is -2.37. The highest BCUT2D eigenvalue weighted by molar-refractivity contribution is 6.15. The zero-order valence-corrected chi connectivity index (χ0v) is 22.9. The highest BCUT2D eigenvalue weighted by atomic mass is 16.7. The van der Waals surface area contributed by atoms with Gasteiger partial charge in [-0.25, -0.2) is 9.78 Å². The zero-order valence-electron chi connectivity index (χ0n) is 22.9. The molecule has 4 amide bonds. The molecule has 43 heavy (non-hydrogen) atoms. The second-order valence-corrected chi connectivity index (χ2v) is 10.2. The number of hydroxylamine groups is 2. The molecule has 214 valence electrons. The standard InChI is InChI=1S/C33H26N4O6/c38-28-16-17-29(39)36(28)27(32(42)43-37-30(40)18-19-31(37)41)20-26-21-35(22-34-26)33(23-10-4-1-5-11-23,24-12-6-2-7-13-24)25-14-8-3-9-15-25/h1-17,21-22,27H,18-20H2/t27-/m0/s1. The third-order valence-electron chi connectivity index (χ3n) is 7.61. The van der Waals surface area contributed by atoms with E-state index < -0.39 is 41.2 Å². The molecular weight excluding hydrogens is 548 g/mol. The van der Waals surface area contributed by atoms with E-state index >= 15 is 0 Å². The van der Waals surface area contributed by atoms with E-state index in [9.17, 15) is 24.0 Å². The zero-order chi connectivity index (χ0) is 30.0. The second kappa shape index (κ2) is 11.3. The number of imide groups is 2. The molecule has 0 radical (unpaired) electrons. The van der Waals surface area contributed by atoms with Crippen LogP contribution in [0.5, 0.6) is 0 Å². The number of carbonyl (C=O) groups excluding carboxylic acids is 5. The van der Waals surface area contributed by atoms with Crippen molar-refractivity contribution in [2.75, 3.05) is 0 Å². The number of carbonyl (C=O) groups is 5. The number of benzene rings is 3. The topological polar surface area (TPSA) is 119 Å². The molecule has 10 heteroatoms. The third-order valence-corrected chi connectivity index (χ3v) is 7.61. The van der Waals surface area contributed by atoms with Gasteiger partial charge in [0.15, 0.2) is 0 Å². The summed E-state index contributed by atoms with van der Waals surface area (Å²) in [5, 5.41) is 0.400. The molecule has 2 aliphatic rings. The first-order valence-electron chi connectivity index (χ1n) is 13.7. The molecule has 6 rings (SSSR count).